The zero-order chi connectivity index (χ0) is 58.0. The average molecular weight is 1130 g/mol. The number of rotatable bonds is 61. The largest absolute Gasteiger partial charge is 0.463 e. The van der Waals surface area contributed by atoms with E-state index in [9.17, 15) is 24.3 Å². The molecule has 0 saturated carbocycles. The van der Waals surface area contributed by atoms with E-state index in [1.807, 2.05) is 0 Å². The lowest BCUT2D eigenvalue weighted by atomic mass is 9.97. The van der Waals surface area contributed by atoms with Gasteiger partial charge in [0.2, 0.25) is 0 Å². The summed E-state index contributed by atoms with van der Waals surface area (Å²) in [6, 6.07) is 0. The second-order valence-corrected chi connectivity index (χ2v) is 24.6. The van der Waals surface area contributed by atoms with Crippen LogP contribution in [0.3, 0.4) is 0 Å². The molecule has 1 fully saturated rings. The third-order valence-electron chi connectivity index (χ3n) is 16.8. The monoisotopic (exact) mass is 1130 g/mol. The van der Waals surface area contributed by atoms with Gasteiger partial charge in [0.1, 0.15) is 12.7 Å². The van der Waals surface area contributed by atoms with Gasteiger partial charge in [-0.25, -0.2) is 0 Å². The number of unbranched alkanes of at least 4 members (excludes halogenated alkanes) is 48. The third kappa shape index (κ3) is 47.2. The van der Waals surface area contributed by atoms with Crippen molar-refractivity contribution < 1.29 is 48.0 Å². The quantitative estimate of drug-likeness (QED) is 0.0356. The molecule has 0 aromatic heterocycles. The van der Waals surface area contributed by atoms with Gasteiger partial charge < -0.3 is 28.8 Å². The molecule has 10 nitrogen and oxygen atoms in total. The van der Waals surface area contributed by atoms with Crippen molar-refractivity contribution in [1.82, 2.24) is 0 Å². The van der Waals surface area contributed by atoms with Crippen molar-refractivity contribution in [3.63, 3.8) is 0 Å². The fourth-order valence-corrected chi connectivity index (χ4v) is 11.5. The van der Waals surface area contributed by atoms with Crippen LogP contribution in [0.4, 0.5) is 0 Å². The summed E-state index contributed by atoms with van der Waals surface area (Å²) in [4.78, 5) is 54.2. The lowest BCUT2D eigenvalue weighted by Gasteiger charge is -2.43. The van der Waals surface area contributed by atoms with Gasteiger partial charge in [-0.2, -0.15) is 0 Å². The fourth-order valence-electron chi connectivity index (χ4n) is 11.5. The molecule has 0 aromatic rings. The minimum atomic E-state index is -1.69. The Labute approximate surface area is 494 Å². The van der Waals surface area contributed by atoms with Crippen LogP contribution < -0.4 is 0 Å². The van der Waals surface area contributed by atoms with E-state index < -0.39 is 54.6 Å². The predicted molar refractivity (Wildman–Crippen MR) is 333 cm³/mol. The van der Waals surface area contributed by atoms with Crippen LogP contribution in [-0.2, 0) is 42.9 Å². The molecule has 1 N–H and O–H groups in total. The van der Waals surface area contributed by atoms with Gasteiger partial charge in [0, 0.05) is 25.7 Å². The molecule has 0 amide bonds. The smallest absolute Gasteiger partial charge is 0.306 e. The van der Waals surface area contributed by atoms with Crippen LogP contribution in [0.2, 0.25) is 0 Å². The van der Waals surface area contributed by atoms with Crippen molar-refractivity contribution in [1.29, 1.82) is 0 Å². The third-order valence-corrected chi connectivity index (χ3v) is 16.8. The maximum absolute atomic E-state index is 13.8. The minimum absolute atomic E-state index is 0.142. The lowest BCUT2D eigenvalue weighted by molar-refractivity contribution is -0.297. The number of carbonyl (C=O) groups is 4. The summed E-state index contributed by atoms with van der Waals surface area (Å²) in [7, 11) is 0. The Hall–Kier alpha value is -2.20. The molecule has 80 heavy (non-hydrogen) atoms. The Balaban J connectivity index is 2.96. The first-order valence-corrected chi connectivity index (χ1v) is 35.3. The Morgan fingerprint density at radius 2 is 0.475 bits per heavy atom. The molecule has 10 heteroatoms. The van der Waals surface area contributed by atoms with Crippen LogP contribution in [0.15, 0.2) is 0 Å². The van der Waals surface area contributed by atoms with Crippen molar-refractivity contribution in [2.45, 2.75) is 418 Å². The molecule has 472 valence electrons. The van der Waals surface area contributed by atoms with Crippen molar-refractivity contribution in [2.24, 2.45) is 0 Å². The van der Waals surface area contributed by atoms with E-state index >= 15 is 0 Å². The summed E-state index contributed by atoms with van der Waals surface area (Å²) in [5, 5.41) is 11.6. The molecule has 5 unspecified atom stereocenters. The normalized spacial score (nSPS) is 17.2. The van der Waals surface area contributed by atoms with Crippen molar-refractivity contribution in [3.8, 4) is 0 Å². The molecule has 0 radical (unpaired) electrons. The SMILES string of the molecule is CCCCCCCCCCCCCCCC(=O)OCC1OC(O)C(OC(=O)CCCCCCCCCCCCCCC)C(OC(=O)CCCCCCCCCCCCCCC)C1OC(=O)CCCCCCCCCCCCCCC. The van der Waals surface area contributed by atoms with E-state index in [2.05, 4.69) is 27.7 Å². The van der Waals surface area contributed by atoms with Crippen LogP contribution >= 0.6 is 0 Å². The van der Waals surface area contributed by atoms with E-state index in [0.29, 0.717) is 25.7 Å². The molecule has 0 spiro atoms. The average Bonchev–Trinajstić information content (AvgIpc) is 3.44. The Bertz CT molecular complexity index is 1370. The van der Waals surface area contributed by atoms with Gasteiger partial charge >= 0.3 is 23.9 Å². The van der Waals surface area contributed by atoms with Crippen molar-refractivity contribution in [2.75, 3.05) is 6.61 Å². The number of hydrogen-bond acceptors (Lipinski definition) is 10. The van der Waals surface area contributed by atoms with Crippen LogP contribution in [0.1, 0.15) is 387 Å². The summed E-state index contributed by atoms with van der Waals surface area (Å²) in [6.07, 6.45) is 55.6. The summed E-state index contributed by atoms with van der Waals surface area (Å²) >= 11 is 0. The predicted octanol–water partition coefficient (Wildman–Crippen LogP) is 20.9. The van der Waals surface area contributed by atoms with Gasteiger partial charge in [0.05, 0.1) is 0 Å². The van der Waals surface area contributed by atoms with E-state index in [4.69, 9.17) is 23.7 Å². The highest BCUT2D eigenvalue weighted by Crippen LogP contribution is 2.30. The Kier molecular flexibility index (Phi) is 55.5. The Morgan fingerprint density at radius 3 is 0.725 bits per heavy atom. The Morgan fingerprint density at radius 1 is 0.275 bits per heavy atom. The number of esters is 4. The highest BCUT2D eigenvalue weighted by Gasteiger charge is 2.52. The topological polar surface area (TPSA) is 135 Å². The number of aliphatic hydroxyl groups is 1. The summed E-state index contributed by atoms with van der Waals surface area (Å²) < 4.78 is 30.1. The molecule has 1 aliphatic heterocycles. The molecule has 1 rings (SSSR count). The zero-order valence-corrected chi connectivity index (χ0v) is 53.3. The maximum Gasteiger partial charge on any atom is 0.306 e. The van der Waals surface area contributed by atoms with Gasteiger partial charge in [0.25, 0.3) is 0 Å². The van der Waals surface area contributed by atoms with Gasteiger partial charge in [-0.3, -0.25) is 19.2 Å². The second-order valence-electron chi connectivity index (χ2n) is 24.6. The highest BCUT2D eigenvalue weighted by molar-refractivity contribution is 5.72. The van der Waals surface area contributed by atoms with E-state index in [1.165, 1.54) is 231 Å². The minimum Gasteiger partial charge on any atom is -0.463 e. The van der Waals surface area contributed by atoms with Crippen LogP contribution in [0.25, 0.3) is 0 Å². The van der Waals surface area contributed by atoms with Crippen LogP contribution in [0.5, 0.6) is 0 Å². The molecule has 0 aromatic carbocycles. The number of carbonyl (C=O) groups excluding carboxylic acids is 4. The van der Waals surface area contributed by atoms with Crippen molar-refractivity contribution in [3.05, 3.63) is 0 Å². The first-order valence-electron chi connectivity index (χ1n) is 35.3. The van der Waals surface area contributed by atoms with E-state index in [-0.39, 0.29) is 32.3 Å². The number of hydrogen-bond donors (Lipinski definition) is 1. The molecule has 1 saturated heterocycles. The summed E-state index contributed by atoms with van der Waals surface area (Å²) in [5.41, 5.74) is 0. The van der Waals surface area contributed by atoms with Gasteiger partial charge in [0.15, 0.2) is 24.6 Å². The number of ether oxygens (including phenoxy) is 5. The van der Waals surface area contributed by atoms with Crippen molar-refractivity contribution >= 4 is 23.9 Å². The molecule has 0 bridgehead atoms. The molecule has 1 aliphatic rings. The number of aliphatic hydroxyl groups excluding tert-OH is 1. The standard InChI is InChI=1S/C70H132O10/c1-5-9-13-17-21-25-29-33-37-41-45-49-53-57-63(71)76-61-62-67(78-64(72)58-54-50-46-42-38-34-30-26-22-18-14-10-6-2)68(79-65(73)59-55-51-47-43-39-35-31-27-23-19-15-11-7-3)69(70(75)77-62)80-66(74)60-56-52-48-44-40-36-32-28-24-20-16-12-8-4/h62,67-70,75H,5-61H2,1-4H3. The van der Waals surface area contributed by atoms with E-state index in [1.54, 1.807) is 0 Å². The van der Waals surface area contributed by atoms with Gasteiger partial charge in [-0.1, -0.05) is 336 Å². The molecule has 1 heterocycles. The molecule has 0 aliphatic carbocycles. The molecular formula is C70H132O10. The highest BCUT2D eigenvalue weighted by atomic mass is 16.7. The zero-order valence-electron chi connectivity index (χ0n) is 53.3. The summed E-state index contributed by atoms with van der Waals surface area (Å²) in [6.45, 7) is 8.71. The second kappa shape index (κ2) is 58.6. The first kappa shape index (κ1) is 75.8. The maximum atomic E-state index is 13.8. The fraction of sp³-hybridized carbons (Fsp3) is 0.943. The van der Waals surface area contributed by atoms with Gasteiger partial charge in [-0.05, 0) is 25.7 Å². The molecular weight excluding hydrogens is 1000 g/mol. The summed E-state index contributed by atoms with van der Waals surface area (Å²) in [5.74, 6) is -1.93. The lowest BCUT2D eigenvalue weighted by Crippen LogP contribution is -2.62. The van der Waals surface area contributed by atoms with Crippen LogP contribution in [0, 0.1) is 0 Å². The van der Waals surface area contributed by atoms with E-state index in [0.717, 1.165) is 77.0 Å². The first-order chi connectivity index (χ1) is 39.3. The van der Waals surface area contributed by atoms with Gasteiger partial charge in [-0.15, -0.1) is 0 Å². The molecule has 5 atom stereocenters. The van der Waals surface area contributed by atoms with Crippen LogP contribution in [-0.4, -0.2) is 66.3 Å².